The van der Waals surface area contributed by atoms with E-state index in [9.17, 15) is 4.79 Å². The zero-order valence-electron chi connectivity index (χ0n) is 11.8. The summed E-state index contributed by atoms with van der Waals surface area (Å²) >= 11 is 0. The molecule has 1 aromatic carbocycles. The smallest absolute Gasteiger partial charge is 0.233 e. The molecule has 0 saturated heterocycles. The molecule has 0 saturated carbocycles. The minimum absolute atomic E-state index is 0.0329. The molecule has 1 aromatic rings. The Bertz CT molecular complexity index is 354. The number of hydrogen-bond acceptors (Lipinski definition) is 3. The molecule has 0 spiro atoms. The van der Waals surface area contributed by atoms with E-state index in [4.69, 9.17) is 4.74 Å². The Morgan fingerprint density at radius 2 is 2.05 bits per heavy atom. The monoisotopic (exact) mass is 264 g/mol. The van der Waals surface area contributed by atoms with Gasteiger partial charge in [-0.2, -0.15) is 0 Å². The van der Waals surface area contributed by atoms with E-state index in [1.807, 2.05) is 18.2 Å². The summed E-state index contributed by atoms with van der Waals surface area (Å²) in [5, 5.41) is 6.15. The van der Waals surface area contributed by atoms with Gasteiger partial charge in [0.1, 0.15) is 0 Å². The Kier molecular flexibility index (Phi) is 7.86. The molecule has 0 radical (unpaired) electrons. The van der Waals surface area contributed by atoms with Crippen molar-refractivity contribution in [3.05, 3.63) is 35.9 Å². The second-order valence-corrected chi connectivity index (χ2v) is 4.45. The van der Waals surface area contributed by atoms with E-state index < -0.39 is 0 Å². The lowest BCUT2D eigenvalue weighted by Gasteiger charge is -2.17. The summed E-state index contributed by atoms with van der Waals surface area (Å²) in [7, 11) is 1.66. The normalized spacial score (nSPS) is 12.1. The number of hydrogen-bond donors (Lipinski definition) is 2. The Morgan fingerprint density at radius 3 is 2.68 bits per heavy atom. The molecule has 4 nitrogen and oxygen atoms in total. The van der Waals surface area contributed by atoms with E-state index in [-0.39, 0.29) is 11.9 Å². The van der Waals surface area contributed by atoms with Crippen LogP contribution < -0.4 is 10.6 Å². The van der Waals surface area contributed by atoms with Gasteiger partial charge >= 0.3 is 0 Å². The van der Waals surface area contributed by atoms with Gasteiger partial charge in [0, 0.05) is 26.3 Å². The minimum Gasteiger partial charge on any atom is -0.385 e. The van der Waals surface area contributed by atoms with E-state index in [2.05, 4.69) is 29.7 Å². The molecule has 1 unspecified atom stereocenters. The van der Waals surface area contributed by atoms with Gasteiger partial charge in [-0.25, -0.2) is 0 Å². The van der Waals surface area contributed by atoms with Gasteiger partial charge < -0.3 is 15.4 Å². The predicted molar refractivity (Wildman–Crippen MR) is 77.0 cm³/mol. The first-order chi connectivity index (χ1) is 9.27. The summed E-state index contributed by atoms with van der Waals surface area (Å²) in [5.74, 6) is 0.0329. The first-order valence-corrected chi connectivity index (χ1v) is 6.82. The van der Waals surface area contributed by atoms with Gasteiger partial charge in [0.15, 0.2) is 0 Å². The maximum atomic E-state index is 11.6. The highest BCUT2D eigenvalue weighted by Gasteiger charge is 2.09. The number of benzene rings is 1. The Morgan fingerprint density at radius 1 is 1.32 bits per heavy atom. The van der Waals surface area contributed by atoms with Crippen molar-refractivity contribution in [1.82, 2.24) is 10.6 Å². The molecule has 1 atom stereocenters. The fraction of sp³-hybridized carbons (Fsp3) is 0.533. The van der Waals surface area contributed by atoms with Crippen molar-refractivity contribution < 1.29 is 9.53 Å². The maximum absolute atomic E-state index is 11.6. The molecule has 0 fully saturated rings. The highest BCUT2D eigenvalue weighted by Crippen LogP contribution is 2.15. The fourth-order valence-corrected chi connectivity index (χ4v) is 1.91. The van der Waals surface area contributed by atoms with Crippen LogP contribution in [0.2, 0.25) is 0 Å². The van der Waals surface area contributed by atoms with Crippen LogP contribution in [-0.4, -0.2) is 32.7 Å². The largest absolute Gasteiger partial charge is 0.385 e. The highest BCUT2D eigenvalue weighted by atomic mass is 16.5. The maximum Gasteiger partial charge on any atom is 0.233 e. The van der Waals surface area contributed by atoms with E-state index >= 15 is 0 Å². The lowest BCUT2D eigenvalue weighted by molar-refractivity contribution is -0.120. The molecule has 4 heteroatoms. The average Bonchev–Trinajstić information content (AvgIpc) is 2.45. The zero-order valence-corrected chi connectivity index (χ0v) is 11.8. The van der Waals surface area contributed by atoms with Crippen molar-refractivity contribution in [1.29, 1.82) is 0 Å². The quantitative estimate of drug-likeness (QED) is 0.670. The van der Waals surface area contributed by atoms with Crippen molar-refractivity contribution in [2.75, 3.05) is 26.8 Å². The van der Waals surface area contributed by atoms with E-state index in [0.29, 0.717) is 19.7 Å². The van der Waals surface area contributed by atoms with E-state index in [1.165, 1.54) is 5.56 Å². The molecule has 2 N–H and O–H groups in total. The summed E-state index contributed by atoms with van der Waals surface area (Å²) in [6.07, 6.45) is 1.80. The second-order valence-electron chi connectivity index (χ2n) is 4.45. The average molecular weight is 264 g/mol. The lowest BCUT2D eigenvalue weighted by Crippen LogP contribution is -2.36. The molecule has 0 heterocycles. The highest BCUT2D eigenvalue weighted by molar-refractivity contribution is 5.78. The standard InChI is InChI=1S/C15H24N2O2/c1-3-14(13-8-5-4-6-9-13)17-12-15(18)16-10-7-11-19-2/h4-6,8-9,14,17H,3,7,10-12H2,1-2H3,(H,16,18). The zero-order chi connectivity index (χ0) is 13.9. The Labute approximate surface area is 115 Å². The van der Waals surface area contributed by atoms with Crippen LogP contribution in [0, 0.1) is 0 Å². The molecule has 0 aliphatic carbocycles. The van der Waals surface area contributed by atoms with E-state index in [1.54, 1.807) is 7.11 Å². The van der Waals surface area contributed by atoms with Crippen LogP contribution in [0.25, 0.3) is 0 Å². The summed E-state index contributed by atoms with van der Waals surface area (Å²) in [4.78, 5) is 11.6. The third-order valence-electron chi connectivity index (χ3n) is 2.97. The molecule has 1 rings (SSSR count). The molecule has 19 heavy (non-hydrogen) atoms. The second kappa shape index (κ2) is 9.53. The SMILES string of the molecule is CCC(NCC(=O)NCCCOC)c1ccccc1. The summed E-state index contributed by atoms with van der Waals surface area (Å²) < 4.78 is 4.93. The fourth-order valence-electron chi connectivity index (χ4n) is 1.91. The van der Waals surface area contributed by atoms with Crippen molar-refractivity contribution >= 4 is 5.91 Å². The first-order valence-electron chi connectivity index (χ1n) is 6.82. The third-order valence-corrected chi connectivity index (χ3v) is 2.97. The van der Waals surface area contributed by atoms with Gasteiger partial charge in [0.05, 0.1) is 6.54 Å². The van der Waals surface area contributed by atoms with Crippen LogP contribution in [0.5, 0.6) is 0 Å². The molecule has 106 valence electrons. The van der Waals surface area contributed by atoms with Crippen molar-refractivity contribution in [2.45, 2.75) is 25.8 Å². The van der Waals surface area contributed by atoms with Crippen LogP contribution >= 0.6 is 0 Å². The summed E-state index contributed by atoms with van der Waals surface area (Å²) in [6, 6.07) is 10.4. The predicted octanol–water partition coefficient (Wildman–Crippen LogP) is 1.88. The van der Waals surface area contributed by atoms with Crippen molar-refractivity contribution in [3.8, 4) is 0 Å². The Hall–Kier alpha value is -1.39. The summed E-state index contributed by atoms with van der Waals surface area (Å²) in [6.45, 7) is 3.80. The van der Waals surface area contributed by atoms with Gasteiger partial charge in [0.25, 0.3) is 0 Å². The van der Waals surface area contributed by atoms with Gasteiger partial charge in [-0.1, -0.05) is 37.3 Å². The third kappa shape index (κ3) is 6.36. The lowest BCUT2D eigenvalue weighted by atomic mass is 10.0. The number of methoxy groups -OCH3 is 1. The number of carbonyl (C=O) groups is 1. The molecule has 0 bridgehead atoms. The van der Waals surface area contributed by atoms with Crippen LogP contribution in [0.3, 0.4) is 0 Å². The number of carbonyl (C=O) groups excluding carboxylic acids is 1. The molecular weight excluding hydrogens is 240 g/mol. The van der Waals surface area contributed by atoms with Crippen LogP contribution in [0.4, 0.5) is 0 Å². The van der Waals surface area contributed by atoms with Gasteiger partial charge in [-0.3, -0.25) is 4.79 Å². The van der Waals surface area contributed by atoms with Crippen molar-refractivity contribution in [2.24, 2.45) is 0 Å². The molecular formula is C15H24N2O2. The van der Waals surface area contributed by atoms with Crippen LogP contribution in [-0.2, 0) is 9.53 Å². The molecule has 1 amide bonds. The van der Waals surface area contributed by atoms with Gasteiger partial charge in [-0.15, -0.1) is 0 Å². The number of ether oxygens (including phenoxy) is 1. The van der Waals surface area contributed by atoms with Crippen LogP contribution in [0.15, 0.2) is 30.3 Å². The van der Waals surface area contributed by atoms with Gasteiger partial charge in [0.2, 0.25) is 5.91 Å². The summed E-state index contributed by atoms with van der Waals surface area (Å²) in [5.41, 5.74) is 1.22. The number of nitrogens with one attached hydrogen (secondary N) is 2. The van der Waals surface area contributed by atoms with Crippen molar-refractivity contribution in [3.63, 3.8) is 0 Å². The molecule has 0 aliphatic heterocycles. The molecule has 0 aromatic heterocycles. The van der Waals surface area contributed by atoms with E-state index in [0.717, 1.165) is 12.8 Å². The molecule has 0 aliphatic rings. The number of rotatable bonds is 9. The Balaban J connectivity index is 2.28. The van der Waals surface area contributed by atoms with Crippen LogP contribution in [0.1, 0.15) is 31.4 Å². The number of amides is 1. The van der Waals surface area contributed by atoms with Gasteiger partial charge in [-0.05, 0) is 18.4 Å². The topological polar surface area (TPSA) is 50.4 Å². The minimum atomic E-state index is 0.0329. The first kappa shape index (κ1) is 15.7.